The maximum atomic E-state index is 14.8. The number of hydrogen-bond donors (Lipinski definition) is 5. The monoisotopic (exact) mass is 604 g/mol. The second-order valence-electron chi connectivity index (χ2n) is 14.7. The average Bonchev–Trinajstić information content (AvgIpc) is 3.33. The van der Waals surface area contributed by atoms with Crippen molar-refractivity contribution in [2.75, 3.05) is 6.61 Å². The van der Waals surface area contributed by atoms with Gasteiger partial charge in [-0.1, -0.05) is 27.7 Å². The molecular formula is C31H40O12. The molecule has 0 radical (unpaired) electrons. The van der Waals surface area contributed by atoms with Gasteiger partial charge >= 0.3 is 5.97 Å². The van der Waals surface area contributed by atoms with Crippen molar-refractivity contribution in [2.24, 2.45) is 39.4 Å². The van der Waals surface area contributed by atoms with E-state index in [1.54, 1.807) is 26.8 Å². The number of aliphatic hydroxyl groups excluding tert-OH is 4. The Hall–Kier alpha value is -1.90. The SMILES string of the molecule is CC[C@@H](C)C(=O)O[C@@H]1C[C@H](O)[C@@]23C4C[C@@H](O)[C@]5(CO[C@H]2O[C@@H](O)[C@@]41C)[C@@H]3C(=O)[C@H](O)[C@@]1(C)[C@@]52O[C@H]2C[C@]1(O)c1ccoc1. The van der Waals surface area contributed by atoms with Crippen LogP contribution in [0.5, 0.6) is 0 Å². The number of carbonyl (C=O) groups is 2. The maximum Gasteiger partial charge on any atom is 0.308 e. The summed E-state index contributed by atoms with van der Waals surface area (Å²) in [4.78, 5) is 27.8. The number of furan rings is 1. The Morgan fingerprint density at radius 2 is 1.91 bits per heavy atom. The van der Waals surface area contributed by atoms with E-state index in [9.17, 15) is 35.1 Å². The third-order valence-electron chi connectivity index (χ3n) is 13.7. The van der Waals surface area contributed by atoms with Gasteiger partial charge in [-0.2, -0.15) is 0 Å². The lowest BCUT2D eigenvalue weighted by Crippen LogP contribution is -2.88. The van der Waals surface area contributed by atoms with Crippen LogP contribution in [-0.4, -0.2) is 92.6 Å². The van der Waals surface area contributed by atoms with Gasteiger partial charge in [0.2, 0.25) is 0 Å². The smallest absolute Gasteiger partial charge is 0.308 e. The second kappa shape index (κ2) is 8.27. The zero-order chi connectivity index (χ0) is 30.7. The molecule has 2 spiro atoms. The van der Waals surface area contributed by atoms with E-state index < -0.39 is 105 Å². The predicted molar refractivity (Wildman–Crippen MR) is 141 cm³/mol. The molecule has 4 heterocycles. The van der Waals surface area contributed by atoms with Crippen molar-refractivity contribution in [3.8, 4) is 0 Å². The summed E-state index contributed by atoms with van der Waals surface area (Å²) in [5.74, 6) is -3.56. The molecule has 5 N–H and O–H groups in total. The van der Waals surface area contributed by atoms with E-state index in [-0.39, 0.29) is 25.9 Å². The van der Waals surface area contributed by atoms with Gasteiger partial charge < -0.3 is 48.9 Å². The third-order valence-corrected chi connectivity index (χ3v) is 13.7. The van der Waals surface area contributed by atoms with Crippen LogP contribution in [0.4, 0.5) is 0 Å². The quantitative estimate of drug-likeness (QED) is 0.235. The lowest BCUT2D eigenvalue weighted by Gasteiger charge is -2.76. The van der Waals surface area contributed by atoms with Crippen LogP contribution in [0.1, 0.15) is 58.9 Å². The van der Waals surface area contributed by atoms with Gasteiger partial charge in [0.1, 0.15) is 23.4 Å². The molecular weight excluding hydrogens is 564 g/mol. The fourth-order valence-electron chi connectivity index (χ4n) is 11.3. The molecule has 3 saturated heterocycles. The number of hydrogen-bond acceptors (Lipinski definition) is 12. The van der Waals surface area contributed by atoms with Crippen LogP contribution in [0.2, 0.25) is 0 Å². The molecule has 12 nitrogen and oxygen atoms in total. The molecule has 16 atom stereocenters. The third kappa shape index (κ3) is 2.65. The molecule has 3 aliphatic heterocycles. The number of ether oxygens (including phenoxy) is 4. The Morgan fingerprint density at radius 1 is 1.16 bits per heavy atom. The summed E-state index contributed by atoms with van der Waals surface area (Å²) in [6.45, 7) is 6.70. The van der Waals surface area contributed by atoms with Crippen LogP contribution in [0, 0.1) is 39.4 Å². The van der Waals surface area contributed by atoms with E-state index in [0.29, 0.717) is 12.0 Å². The molecule has 43 heavy (non-hydrogen) atoms. The maximum absolute atomic E-state index is 14.8. The van der Waals surface area contributed by atoms with E-state index in [1.165, 1.54) is 12.5 Å². The first kappa shape index (κ1) is 28.6. The van der Waals surface area contributed by atoms with Gasteiger partial charge in [-0.05, 0) is 24.8 Å². The van der Waals surface area contributed by atoms with Crippen LogP contribution in [0.3, 0.4) is 0 Å². The predicted octanol–water partition coefficient (Wildman–Crippen LogP) is 0.362. The zero-order valence-corrected chi connectivity index (χ0v) is 24.6. The number of esters is 1. The van der Waals surface area contributed by atoms with Gasteiger partial charge in [-0.3, -0.25) is 9.59 Å². The standard InChI is InChI=1S/C31H40O12/c1-5-13(2)23(36)41-18-9-17(33)30-15-8-16(32)28(12-40-25(30)42-24(37)26(15,18)3)21(30)20(34)22(35)27(4)29(38,14-6-7-39-11-14)10-19-31(27,28)43-19/h6-7,11,13,15-19,21-22,24-25,32-33,35,37-38H,5,8-10,12H2,1-4H3/t13-,15?,16-,17+,18-,19+,21+,22+,24-,25+,26+,27-,28-,29+,30-,31-/m1/s1. The van der Waals surface area contributed by atoms with Crippen molar-refractivity contribution in [3.05, 3.63) is 24.2 Å². The van der Waals surface area contributed by atoms with Gasteiger partial charge in [0, 0.05) is 24.3 Å². The Labute approximate surface area is 248 Å². The largest absolute Gasteiger partial charge is 0.472 e. The van der Waals surface area contributed by atoms with Crippen LogP contribution in [0.25, 0.3) is 0 Å². The van der Waals surface area contributed by atoms with Gasteiger partial charge in [0.05, 0.1) is 65.0 Å². The number of Topliss-reactive ketones (excluding diaryl/α,β-unsaturated/α-hetero) is 1. The number of aliphatic hydroxyl groups is 5. The number of rotatable bonds is 4. The molecule has 236 valence electrons. The van der Waals surface area contributed by atoms with Crippen LogP contribution >= 0.6 is 0 Å². The molecule has 12 heteroatoms. The van der Waals surface area contributed by atoms with Crippen LogP contribution < -0.4 is 0 Å². The summed E-state index contributed by atoms with van der Waals surface area (Å²) >= 11 is 0. The fourth-order valence-corrected chi connectivity index (χ4v) is 11.3. The van der Waals surface area contributed by atoms with Crippen molar-refractivity contribution in [3.63, 3.8) is 0 Å². The minimum atomic E-state index is -1.75. The highest BCUT2D eigenvalue weighted by Crippen LogP contribution is 2.85. The molecule has 1 unspecified atom stereocenters. The first-order valence-electron chi connectivity index (χ1n) is 15.4. The van der Waals surface area contributed by atoms with Crippen LogP contribution in [0.15, 0.2) is 23.0 Å². The summed E-state index contributed by atoms with van der Waals surface area (Å²) in [5.41, 5.74) is -8.62. The Bertz CT molecular complexity index is 1380. The van der Waals surface area contributed by atoms with Crippen molar-refractivity contribution >= 4 is 11.8 Å². The van der Waals surface area contributed by atoms with Gasteiger partial charge in [-0.15, -0.1) is 0 Å². The highest BCUT2D eigenvalue weighted by atomic mass is 16.7. The number of epoxide rings is 1. The molecule has 1 aromatic rings. The highest BCUT2D eigenvalue weighted by molar-refractivity contribution is 5.91. The van der Waals surface area contributed by atoms with Gasteiger partial charge in [-0.25, -0.2) is 0 Å². The first-order valence-corrected chi connectivity index (χ1v) is 15.4. The van der Waals surface area contributed by atoms with E-state index in [1.807, 2.05) is 6.92 Å². The molecule has 7 fully saturated rings. The van der Waals surface area contributed by atoms with Gasteiger partial charge in [0.15, 0.2) is 18.4 Å². The summed E-state index contributed by atoms with van der Waals surface area (Å²) in [6.07, 6.45) is -5.37. The number of carbonyl (C=O) groups excluding carboxylic acids is 2. The van der Waals surface area contributed by atoms with Crippen molar-refractivity contribution in [2.45, 2.75) is 108 Å². The molecule has 1 aromatic heterocycles. The number of ketones is 1. The Balaban J connectivity index is 1.31. The molecule has 0 aromatic carbocycles. The summed E-state index contributed by atoms with van der Waals surface area (Å²) < 4.78 is 30.1. The average molecular weight is 605 g/mol. The molecule has 4 saturated carbocycles. The topological polar surface area (TPSA) is 189 Å². The summed E-state index contributed by atoms with van der Waals surface area (Å²) in [7, 11) is 0. The zero-order valence-electron chi connectivity index (χ0n) is 24.6. The minimum Gasteiger partial charge on any atom is -0.472 e. The lowest BCUT2D eigenvalue weighted by atomic mass is 9.31. The van der Waals surface area contributed by atoms with E-state index in [0.717, 1.165) is 0 Å². The molecule has 8 rings (SSSR count). The van der Waals surface area contributed by atoms with E-state index in [4.69, 9.17) is 23.4 Å². The lowest BCUT2D eigenvalue weighted by molar-refractivity contribution is -0.468. The minimum absolute atomic E-state index is 0.0170. The Morgan fingerprint density at radius 3 is 2.58 bits per heavy atom. The second-order valence-corrected chi connectivity index (χ2v) is 14.7. The van der Waals surface area contributed by atoms with E-state index >= 15 is 0 Å². The first-order chi connectivity index (χ1) is 20.2. The molecule has 3 bridgehead atoms. The summed E-state index contributed by atoms with van der Waals surface area (Å²) in [5, 5.41) is 60.2. The van der Waals surface area contributed by atoms with Gasteiger partial charge in [0.25, 0.3) is 0 Å². The highest BCUT2D eigenvalue weighted by Gasteiger charge is 2.97. The normalized spacial score (nSPS) is 58.2. The molecule has 7 aliphatic rings. The Kier molecular flexibility index (Phi) is 5.49. The summed E-state index contributed by atoms with van der Waals surface area (Å²) in [6, 6.07) is 1.59. The molecule has 4 aliphatic carbocycles. The van der Waals surface area contributed by atoms with Crippen molar-refractivity contribution in [1.82, 2.24) is 0 Å². The van der Waals surface area contributed by atoms with Crippen molar-refractivity contribution < 1.29 is 58.5 Å². The van der Waals surface area contributed by atoms with Crippen LogP contribution in [-0.2, 0) is 34.1 Å². The fraction of sp³-hybridized carbons (Fsp3) is 0.806. The van der Waals surface area contributed by atoms with Crippen molar-refractivity contribution in [1.29, 1.82) is 0 Å². The molecule has 0 amide bonds. The van der Waals surface area contributed by atoms with E-state index in [2.05, 4.69) is 0 Å².